The second kappa shape index (κ2) is 5.75. The minimum atomic E-state index is -2.68. The first-order chi connectivity index (χ1) is 7.85. The summed E-state index contributed by atoms with van der Waals surface area (Å²) in [6.45, 7) is 0. The SMILES string of the molecule is O=C(O)N[C@H](C(=O)CBr)C1CCC(F)(F)CC1. The number of hydrogen-bond donors (Lipinski definition) is 2. The molecule has 0 aromatic heterocycles. The van der Waals surface area contributed by atoms with Gasteiger partial charge in [0.15, 0.2) is 5.78 Å². The Morgan fingerprint density at radius 1 is 1.41 bits per heavy atom. The highest BCUT2D eigenvalue weighted by Gasteiger charge is 2.39. The van der Waals surface area contributed by atoms with Crippen molar-refractivity contribution in [3.8, 4) is 0 Å². The van der Waals surface area contributed by atoms with Crippen LogP contribution in [0.2, 0.25) is 0 Å². The molecule has 0 saturated heterocycles. The maximum absolute atomic E-state index is 13.0. The number of carbonyl (C=O) groups excluding carboxylic acids is 1. The Kier molecular flexibility index (Phi) is 4.85. The Hall–Kier alpha value is -0.720. The number of ketones is 1. The molecule has 1 aliphatic carbocycles. The standard InChI is InChI=1S/C10H14BrF2NO3/c11-5-7(15)8(14-9(16)17)6-1-3-10(12,13)4-2-6/h6,8,14H,1-5H2,(H,16,17)/t8-/m0/s1. The molecule has 0 aromatic rings. The lowest BCUT2D eigenvalue weighted by Gasteiger charge is -2.32. The van der Waals surface area contributed by atoms with E-state index in [1.165, 1.54) is 0 Å². The maximum Gasteiger partial charge on any atom is 0.405 e. The van der Waals surface area contributed by atoms with Gasteiger partial charge in [0.25, 0.3) is 0 Å². The number of amides is 1. The van der Waals surface area contributed by atoms with Crippen molar-refractivity contribution in [3.63, 3.8) is 0 Å². The number of halogens is 3. The average Bonchev–Trinajstić information content (AvgIpc) is 2.25. The molecule has 4 nitrogen and oxygen atoms in total. The first-order valence-electron chi connectivity index (χ1n) is 5.31. The molecule has 0 spiro atoms. The third-order valence-corrected chi connectivity index (χ3v) is 3.54. The number of carboxylic acid groups (broad SMARTS) is 1. The molecular formula is C10H14BrF2NO3. The zero-order valence-electron chi connectivity index (χ0n) is 9.09. The van der Waals surface area contributed by atoms with Gasteiger partial charge in [0.05, 0.1) is 11.4 Å². The van der Waals surface area contributed by atoms with E-state index in [0.717, 1.165) is 0 Å². The van der Waals surface area contributed by atoms with Crippen LogP contribution >= 0.6 is 15.9 Å². The Morgan fingerprint density at radius 3 is 2.35 bits per heavy atom. The van der Waals surface area contributed by atoms with E-state index in [-0.39, 0.29) is 42.7 Å². The third-order valence-electron chi connectivity index (χ3n) is 2.99. The molecule has 0 radical (unpaired) electrons. The molecule has 1 aliphatic rings. The molecule has 0 bridgehead atoms. The topological polar surface area (TPSA) is 66.4 Å². The Bertz CT molecular complexity index is 302. The van der Waals surface area contributed by atoms with Crippen molar-refractivity contribution >= 4 is 27.8 Å². The van der Waals surface area contributed by atoms with Crippen LogP contribution in [0.1, 0.15) is 25.7 Å². The van der Waals surface area contributed by atoms with Crippen LogP contribution in [0.15, 0.2) is 0 Å². The normalized spacial score (nSPS) is 21.8. The maximum atomic E-state index is 13.0. The largest absolute Gasteiger partial charge is 0.465 e. The fourth-order valence-corrected chi connectivity index (χ4v) is 2.42. The Morgan fingerprint density at radius 2 is 1.94 bits per heavy atom. The molecule has 1 fully saturated rings. The van der Waals surface area contributed by atoms with Gasteiger partial charge in [-0.2, -0.15) is 0 Å². The van der Waals surface area contributed by atoms with Gasteiger partial charge in [-0.15, -0.1) is 0 Å². The number of Topliss-reactive ketones (excluding diaryl/α,β-unsaturated/α-hetero) is 1. The van der Waals surface area contributed by atoms with Crippen molar-refractivity contribution in [2.45, 2.75) is 37.6 Å². The van der Waals surface area contributed by atoms with Crippen LogP contribution < -0.4 is 5.32 Å². The molecule has 2 N–H and O–H groups in total. The fourth-order valence-electron chi connectivity index (χ4n) is 2.07. The molecule has 1 saturated carbocycles. The van der Waals surface area contributed by atoms with Crippen molar-refractivity contribution in [1.82, 2.24) is 5.32 Å². The van der Waals surface area contributed by atoms with Crippen LogP contribution in [0, 0.1) is 5.92 Å². The molecule has 0 heterocycles. The van der Waals surface area contributed by atoms with Gasteiger partial charge in [0, 0.05) is 12.8 Å². The van der Waals surface area contributed by atoms with Crippen LogP contribution in [0.25, 0.3) is 0 Å². The van der Waals surface area contributed by atoms with Gasteiger partial charge in [0.1, 0.15) is 0 Å². The highest BCUT2D eigenvalue weighted by Crippen LogP contribution is 2.37. The fraction of sp³-hybridized carbons (Fsp3) is 0.800. The van der Waals surface area contributed by atoms with Gasteiger partial charge in [-0.1, -0.05) is 15.9 Å². The van der Waals surface area contributed by atoms with Crippen molar-refractivity contribution in [2.24, 2.45) is 5.92 Å². The van der Waals surface area contributed by atoms with Gasteiger partial charge >= 0.3 is 6.09 Å². The number of nitrogens with one attached hydrogen (secondary N) is 1. The van der Waals surface area contributed by atoms with E-state index < -0.39 is 18.1 Å². The smallest absolute Gasteiger partial charge is 0.405 e. The van der Waals surface area contributed by atoms with Crippen LogP contribution in [0.4, 0.5) is 13.6 Å². The predicted molar refractivity (Wildman–Crippen MR) is 60.7 cm³/mol. The second-order valence-electron chi connectivity index (χ2n) is 4.22. The predicted octanol–water partition coefficient (Wildman–Crippen LogP) is 2.41. The molecule has 0 aliphatic heterocycles. The summed E-state index contributed by atoms with van der Waals surface area (Å²) >= 11 is 2.96. The quantitative estimate of drug-likeness (QED) is 0.783. The van der Waals surface area contributed by atoms with Gasteiger partial charge in [-0.25, -0.2) is 13.6 Å². The van der Waals surface area contributed by atoms with Gasteiger partial charge < -0.3 is 10.4 Å². The monoisotopic (exact) mass is 313 g/mol. The summed E-state index contributed by atoms with van der Waals surface area (Å²) in [6.07, 6.45) is -1.55. The molecule has 0 aromatic carbocycles. The van der Waals surface area contributed by atoms with E-state index in [2.05, 4.69) is 21.2 Å². The van der Waals surface area contributed by atoms with Crippen molar-refractivity contribution in [1.29, 1.82) is 0 Å². The van der Waals surface area contributed by atoms with Gasteiger partial charge in [0.2, 0.25) is 5.92 Å². The van der Waals surface area contributed by atoms with Crippen LogP contribution in [-0.2, 0) is 4.79 Å². The van der Waals surface area contributed by atoms with Gasteiger partial charge in [-0.05, 0) is 18.8 Å². The number of rotatable bonds is 4. The van der Waals surface area contributed by atoms with Crippen LogP contribution in [0.5, 0.6) is 0 Å². The van der Waals surface area contributed by atoms with Crippen LogP contribution in [0.3, 0.4) is 0 Å². The minimum Gasteiger partial charge on any atom is -0.465 e. The number of hydrogen-bond acceptors (Lipinski definition) is 2. The van der Waals surface area contributed by atoms with Crippen molar-refractivity contribution in [2.75, 3.05) is 5.33 Å². The molecule has 1 atom stereocenters. The number of carbonyl (C=O) groups is 2. The summed E-state index contributed by atoms with van der Waals surface area (Å²) in [5.41, 5.74) is 0. The first-order valence-corrected chi connectivity index (χ1v) is 6.44. The summed E-state index contributed by atoms with van der Waals surface area (Å²) in [7, 11) is 0. The van der Waals surface area contributed by atoms with Crippen LogP contribution in [-0.4, -0.2) is 34.3 Å². The molecule has 7 heteroatoms. The first kappa shape index (κ1) is 14.3. The zero-order valence-corrected chi connectivity index (χ0v) is 10.7. The molecule has 1 amide bonds. The third kappa shape index (κ3) is 4.22. The molecule has 1 rings (SSSR count). The molecule has 17 heavy (non-hydrogen) atoms. The van der Waals surface area contributed by atoms with E-state index in [1.807, 2.05) is 0 Å². The van der Waals surface area contributed by atoms with Crippen molar-refractivity contribution < 1.29 is 23.5 Å². The van der Waals surface area contributed by atoms with E-state index >= 15 is 0 Å². The Balaban J connectivity index is 2.65. The summed E-state index contributed by atoms with van der Waals surface area (Å²) in [5.74, 6) is -3.33. The Labute approximate surface area is 106 Å². The minimum absolute atomic E-state index is 0.0187. The molecule has 98 valence electrons. The lowest BCUT2D eigenvalue weighted by molar-refractivity contribution is -0.121. The van der Waals surface area contributed by atoms with E-state index in [9.17, 15) is 18.4 Å². The van der Waals surface area contributed by atoms with E-state index in [1.54, 1.807) is 0 Å². The van der Waals surface area contributed by atoms with E-state index in [4.69, 9.17) is 5.11 Å². The zero-order chi connectivity index (χ0) is 13.1. The molecular weight excluding hydrogens is 300 g/mol. The van der Waals surface area contributed by atoms with E-state index in [0.29, 0.717) is 0 Å². The summed E-state index contributed by atoms with van der Waals surface area (Å²) in [6, 6.07) is -0.886. The van der Waals surface area contributed by atoms with Gasteiger partial charge in [-0.3, -0.25) is 4.79 Å². The molecule has 0 unspecified atom stereocenters. The highest BCUT2D eigenvalue weighted by atomic mass is 79.9. The second-order valence-corrected chi connectivity index (χ2v) is 4.78. The number of alkyl halides is 3. The summed E-state index contributed by atoms with van der Waals surface area (Å²) in [4.78, 5) is 22.1. The van der Waals surface area contributed by atoms with Crippen molar-refractivity contribution in [3.05, 3.63) is 0 Å². The lowest BCUT2D eigenvalue weighted by Crippen LogP contribution is -2.47. The highest BCUT2D eigenvalue weighted by molar-refractivity contribution is 9.09. The average molecular weight is 314 g/mol. The summed E-state index contributed by atoms with van der Waals surface area (Å²) < 4.78 is 25.9. The summed E-state index contributed by atoms with van der Waals surface area (Å²) in [5, 5.41) is 10.8. The lowest BCUT2D eigenvalue weighted by atomic mass is 9.81.